The van der Waals surface area contributed by atoms with Crippen molar-refractivity contribution in [1.29, 1.82) is 0 Å². The molecule has 1 rings (SSSR count). The van der Waals surface area contributed by atoms with Crippen LogP contribution in [0, 0.1) is 0 Å². The number of halogens is 2. The minimum atomic E-state index is -0.244. The Morgan fingerprint density at radius 3 is 2.50 bits per heavy atom. The number of ether oxygens (including phenoxy) is 1. The minimum Gasteiger partial charge on any atom is -0.466 e. The molecule has 0 aliphatic heterocycles. The summed E-state index contributed by atoms with van der Waals surface area (Å²) in [5.41, 5.74) is 0.863. The fraction of sp³-hybridized carbons (Fsp3) is 0.250. The van der Waals surface area contributed by atoms with Gasteiger partial charge in [-0.2, -0.15) is 0 Å². The molecule has 0 fully saturated rings. The third-order valence-corrected chi connectivity index (χ3v) is 2.22. The van der Waals surface area contributed by atoms with Crippen molar-refractivity contribution in [1.82, 2.24) is 0 Å². The van der Waals surface area contributed by atoms with Crippen LogP contribution < -0.4 is 0 Å². The number of carbonyl (C=O) groups excluding carboxylic acids is 1. The first-order chi connectivity index (χ1) is 7.61. The van der Waals surface area contributed by atoms with E-state index in [4.69, 9.17) is 27.9 Å². The van der Waals surface area contributed by atoms with Crippen molar-refractivity contribution in [2.75, 3.05) is 6.61 Å². The first kappa shape index (κ1) is 13.1. The van der Waals surface area contributed by atoms with Gasteiger partial charge >= 0.3 is 5.97 Å². The maximum Gasteiger partial charge on any atom is 0.309 e. The van der Waals surface area contributed by atoms with E-state index in [2.05, 4.69) is 0 Å². The molecule has 0 saturated heterocycles. The maximum absolute atomic E-state index is 11.0. The molecule has 0 aliphatic carbocycles. The van der Waals surface area contributed by atoms with E-state index < -0.39 is 0 Å². The molecule has 0 atom stereocenters. The van der Waals surface area contributed by atoms with E-state index in [1.165, 1.54) is 0 Å². The zero-order chi connectivity index (χ0) is 12.0. The quantitative estimate of drug-likeness (QED) is 0.765. The van der Waals surface area contributed by atoms with Crippen LogP contribution in [0.2, 0.25) is 10.0 Å². The Labute approximate surface area is 105 Å². The van der Waals surface area contributed by atoms with Gasteiger partial charge in [0.2, 0.25) is 0 Å². The van der Waals surface area contributed by atoms with Gasteiger partial charge in [0.25, 0.3) is 0 Å². The van der Waals surface area contributed by atoms with Crippen LogP contribution in [0.25, 0.3) is 6.08 Å². The lowest BCUT2D eigenvalue weighted by Gasteiger charge is -1.98. The molecular formula is C12H12Cl2O2. The number of hydrogen-bond donors (Lipinski definition) is 0. The summed E-state index contributed by atoms with van der Waals surface area (Å²) in [5, 5.41) is 1.14. The highest BCUT2D eigenvalue weighted by Gasteiger charge is 1.98. The van der Waals surface area contributed by atoms with Crippen molar-refractivity contribution in [2.45, 2.75) is 13.3 Å². The van der Waals surface area contributed by atoms with Gasteiger partial charge in [0.15, 0.2) is 0 Å². The average molecular weight is 259 g/mol. The number of esters is 1. The summed E-state index contributed by atoms with van der Waals surface area (Å²) in [4.78, 5) is 11.0. The molecule has 4 heteroatoms. The van der Waals surface area contributed by atoms with E-state index in [1.54, 1.807) is 37.3 Å². The van der Waals surface area contributed by atoms with Crippen LogP contribution in [-0.2, 0) is 9.53 Å². The molecule has 86 valence electrons. The highest BCUT2D eigenvalue weighted by molar-refractivity contribution is 6.34. The highest BCUT2D eigenvalue weighted by Crippen LogP contribution is 2.19. The molecule has 16 heavy (non-hydrogen) atoms. The van der Waals surface area contributed by atoms with Gasteiger partial charge in [-0.1, -0.05) is 35.4 Å². The Bertz CT molecular complexity index is 380. The molecule has 0 unspecified atom stereocenters. The Balaban J connectivity index is 2.59. The van der Waals surface area contributed by atoms with E-state index in [-0.39, 0.29) is 12.4 Å². The van der Waals surface area contributed by atoms with Gasteiger partial charge in [-0.05, 0) is 30.7 Å². The van der Waals surface area contributed by atoms with Crippen LogP contribution in [0.5, 0.6) is 0 Å². The third kappa shape index (κ3) is 4.69. The molecular weight excluding hydrogens is 247 g/mol. The first-order valence-corrected chi connectivity index (χ1v) is 5.65. The van der Waals surface area contributed by atoms with Gasteiger partial charge in [-0.3, -0.25) is 4.79 Å². The lowest BCUT2D eigenvalue weighted by Crippen LogP contribution is -2.01. The molecule has 0 radical (unpaired) electrons. The Hall–Kier alpha value is -0.990. The van der Waals surface area contributed by atoms with E-state index in [9.17, 15) is 4.79 Å². The second-order valence-electron chi connectivity index (χ2n) is 3.11. The summed E-state index contributed by atoms with van der Waals surface area (Å²) >= 11 is 11.7. The van der Waals surface area contributed by atoms with Crippen molar-refractivity contribution < 1.29 is 9.53 Å². The summed E-state index contributed by atoms with van der Waals surface area (Å²) in [6.45, 7) is 2.17. The molecule has 1 aromatic rings. The molecule has 0 saturated carbocycles. The largest absolute Gasteiger partial charge is 0.466 e. The lowest BCUT2D eigenvalue weighted by molar-refractivity contribution is -0.142. The van der Waals surface area contributed by atoms with Gasteiger partial charge in [-0.25, -0.2) is 0 Å². The standard InChI is InChI=1S/C12H12Cl2O2/c1-2-16-12(15)5-3-4-9-6-10(13)8-11(14)7-9/h3-4,6-8H,2,5H2,1H3. The summed E-state index contributed by atoms with van der Waals surface area (Å²) in [6, 6.07) is 5.20. The van der Waals surface area contributed by atoms with Crippen molar-refractivity contribution in [3.63, 3.8) is 0 Å². The number of hydrogen-bond acceptors (Lipinski definition) is 2. The summed E-state index contributed by atoms with van der Waals surface area (Å²) in [5.74, 6) is -0.244. The van der Waals surface area contributed by atoms with Gasteiger partial charge in [-0.15, -0.1) is 0 Å². The van der Waals surface area contributed by atoms with Gasteiger partial charge < -0.3 is 4.74 Å². The Morgan fingerprint density at radius 2 is 1.94 bits per heavy atom. The molecule has 2 nitrogen and oxygen atoms in total. The maximum atomic E-state index is 11.0. The van der Waals surface area contributed by atoms with Crippen LogP contribution in [0.1, 0.15) is 18.9 Å². The first-order valence-electron chi connectivity index (χ1n) is 4.90. The predicted octanol–water partition coefficient (Wildman–Crippen LogP) is 3.96. The van der Waals surface area contributed by atoms with Crippen molar-refractivity contribution in [3.05, 3.63) is 39.9 Å². The van der Waals surface area contributed by atoms with Crippen LogP contribution in [-0.4, -0.2) is 12.6 Å². The Morgan fingerprint density at radius 1 is 1.31 bits per heavy atom. The van der Waals surface area contributed by atoms with Crippen LogP contribution >= 0.6 is 23.2 Å². The monoisotopic (exact) mass is 258 g/mol. The Kier molecular flexibility index (Phi) is 5.36. The summed E-state index contributed by atoms with van der Waals surface area (Å²) in [7, 11) is 0. The second-order valence-corrected chi connectivity index (χ2v) is 3.99. The number of carbonyl (C=O) groups is 1. The molecule has 0 N–H and O–H groups in total. The minimum absolute atomic E-state index is 0.244. The van der Waals surface area contributed by atoms with E-state index >= 15 is 0 Å². The zero-order valence-corrected chi connectivity index (χ0v) is 10.4. The van der Waals surface area contributed by atoms with Gasteiger partial charge in [0.1, 0.15) is 0 Å². The van der Waals surface area contributed by atoms with Crippen molar-refractivity contribution >= 4 is 35.2 Å². The summed E-state index contributed by atoms with van der Waals surface area (Å²) < 4.78 is 4.78. The van der Waals surface area contributed by atoms with Crippen molar-refractivity contribution in [2.24, 2.45) is 0 Å². The topological polar surface area (TPSA) is 26.3 Å². The number of benzene rings is 1. The van der Waals surface area contributed by atoms with Crippen LogP contribution in [0.4, 0.5) is 0 Å². The van der Waals surface area contributed by atoms with Crippen LogP contribution in [0.15, 0.2) is 24.3 Å². The summed E-state index contributed by atoms with van der Waals surface area (Å²) in [6.07, 6.45) is 3.76. The fourth-order valence-corrected chi connectivity index (χ4v) is 1.73. The smallest absolute Gasteiger partial charge is 0.309 e. The average Bonchev–Trinajstić information content (AvgIpc) is 2.16. The molecule has 1 aromatic carbocycles. The SMILES string of the molecule is CCOC(=O)CC=Cc1cc(Cl)cc(Cl)c1. The molecule has 0 bridgehead atoms. The molecule has 0 heterocycles. The van der Waals surface area contributed by atoms with E-state index in [1.807, 2.05) is 0 Å². The zero-order valence-electron chi connectivity index (χ0n) is 8.87. The van der Waals surface area contributed by atoms with Gasteiger partial charge in [0.05, 0.1) is 13.0 Å². The van der Waals surface area contributed by atoms with E-state index in [0.29, 0.717) is 16.7 Å². The highest BCUT2D eigenvalue weighted by atomic mass is 35.5. The van der Waals surface area contributed by atoms with E-state index in [0.717, 1.165) is 5.56 Å². The molecule has 0 amide bonds. The lowest BCUT2D eigenvalue weighted by atomic mass is 10.2. The van der Waals surface area contributed by atoms with Crippen molar-refractivity contribution in [3.8, 4) is 0 Å². The second kappa shape index (κ2) is 6.56. The molecule has 0 aliphatic rings. The third-order valence-electron chi connectivity index (χ3n) is 1.79. The van der Waals surface area contributed by atoms with Crippen LogP contribution in [0.3, 0.4) is 0 Å². The molecule has 0 aromatic heterocycles. The predicted molar refractivity (Wildman–Crippen MR) is 66.7 cm³/mol. The number of rotatable bonds is 4. The van der Waals surface area contributed by atoms with Gasteiger partial charge in [0, 0.05) is 10.0 Å². The normalized spacial score (nSPS) is 10.7. The fourth-order valence-electron chi connectivity index (χ4n) is 1.18. The molecule has 0 spiro atoms.